The number of carboxylic acids is 1. The SMILES string of the molecule is CC(C)(C(=O)O)N1C(=O)CNc2cc(Br)ccc21. The number of amides is 1. The first-order chi connectivity index (χ1) is 8.34. The van der Waals surface area contributed by atoms with Crippen LogP contribution in [0.5, 0.6) is 0 Å². The Bertz CT molecular complexity index is 528. The standard InChI is InChI=1S/C12H13BrN2O3/c1-12(2,11(17)18)15-9-4-3-7(13)5-8(9)14-6-10(15)16/h3-5,14H,6H2,1-2H3,(H,17,18). The Kier molecular flexibility index (Phi) is 3.06. The Morgan fingerprint density at radius 3 is 2.78 bits per heavy atom. The van der Waals surface area contributed by atoms with Crippen LogP contribution in [0.1, 0.15) is 13.8 Å². The van der Waals surface area contributed by atoms with Crippen LogP contribution in [0.3, 0.4) is 0 Å². The molecule has 5 nitrogen and oxygen atoms in total. The van der Waals surface area contributed by atoms with Gasteiger partial charge in [0.2, 0.25) is 5.91 Å². The van der Waals surface area contributed by atoms with E-state index in [0.717, 1.165) is 10.2 Å². The van der Waals surface area contributed by atoms with Crippen molar-refractivity contribution in [2.75, 3.05) is 16.8 Å². The number of aliphatic carboxylic acids is 1. The molecule has 0 saturated carbocycles. The molecule has 1 aliphatic heterocycles. The minimum absolute atomic E-state index is 0.0974. The van der Waals surface area contributed by atoms with Crippen LogP contribution in [0, 0.1) is 0 Å². The largest absolute Gasteiger partial charge is 0.480 e. The van der Waals surface area contributed by atoms with E-state index in [1.54, 1.807) is 12.1 Å². The Hall–Kier alpha value is -1.56. The van der Waals surface area contributed by atoms with E-state index in [-0.39, 0.29) is 12.5 Å². The maximum atomic E-state index is 12.0. The van der Waals surface area contributed by atoms with Gasteiger partial charge in [0.05, 0.1) is 17.9 Å². The summed E-state index contributed by atoms with van der Waals surface area (Å²) in [6.07, 6.45) is 0. The van der Waals surface area contributed by atoms with Gasteiger partial charge in [-0.25, -0.2) is 4.79 Å². The molecule has 1 aromatic rings. The van der Waals surface area contributed by atoms with Gasteiger partial charge in [-0.15, -0.1) is 0 Å². The summed E-state index contributed by atoms with van der Waals surface area (Å²) in [5.41, 5.74) is 0.0574. The molecule has 1 aliphatic rings. The monoisotopic (exact) mass is 312 g/mol. The molecule has 2 N–H and O–H groups in total. The van der Waals surface area contributed by atoms with Gasteiger partial charge >= 0.3 is 5.97 Å². The lowest BCUT2D eigenvalue weighted by atomic mass is 10.00. The zero-order chi connectivity index (χ0) is 13.5. The van der Waals surface area contributed by atoms with Crippen molar-refractivity contribution in [1.29, 1.82) is 0 Å². The van der Waals surface area contributed by atoms with Crippen LogP contribution in [0.4, 0.5) is 11.4 Å². The third-order valence-corrected chi connectivity index (χ3v) is 3.45. The van der Waals surface area contributed by atoms with Gasteiger partial charge in [-0.1, -0.05) is 15.9 Å². The highest BCUT2D eigenvalue weighted by atomic mass is 79.9. The van der Waals surface area contributed by atoms with E-state index in [1.165, 1.54) is 18.7 Å². The molecule has 0 saturated heterocycles. The molecular weight excluding hydrogens is 300 g/mol. The molecule has 0 unspecified atom stereocenters. The molecule has 0 spiro atoms. The first-order valence-electron chi connectivity index (χ1n) is 5.44. The van der Waals surface area contributed by atoms with E-state index < -0.39 is 11.5 Å². The average Bonchev–Trinajstić information content (AvgIpc) is 2.28. The summed E-state index contributed by atoms with van der Waals surface area (Å²) in [4.78, 5) is 24.6. The first-order valence-corrected chi connectivity index (χ1v) is 6.23. The molecular formula is C12H13BrN2O3. The van der Waals surface area contributed by atoms with Gasteiger partial charge in [0, 0.05) is 4.47 Å². The minimum atomic E-state index is -1.28. The minimum Gasteiger partial charge on any atom is -0.480 e. The number of benzene rings is 1. The third kappa shape index (κ3) is 1.96. The van der Waals surface area contributed by atoms with E-state index in [2.05, 4.69) is 21.2 Å². The highest BCUT2D eigenvalue weighted by Gasteiger charge is 2.41. The van der Waals surface area contributed by atoms with Crippen molar-refractivity contribution in [1.82, 2.24) is 0 Å². The van der Waals surface area contributed by atoms with Gasteiger partial charge in [-0.2, -0.15) is 0 Å². The van der Waals surface area contributed by atoms with Gasteiger partial charge < -0.3 is 10.4 Å². The summed E-state index contributed by atoms with van der Waals surface area (Å²) in [6.45, 7) is 3.13. The molecule has 0 aliphatic carbocycles. The van der Waals surface area contributed by atoms with Crippen molar-refractivity contribution in [3.05, 3.63) is 22.7 Å². The molecule has 18 heavy (non-hydrogen) atoms. The molecule has 0 bridgehead atoms. The maximum Gasteiger partial charge on any atom is 0.329 e. The van der Waals surface area contributed by atoms with Crippen LogP contribution in [0.2, 0.25) is 0 Å². The number of carbonyl (C=O) groups excluding carboxylic acids is 1. The fourth-order valence-corrected chi connectivity index (χ4v) is 2.30. The Morgan fingerprint density at radius 1 is 1.50 bits per heavy atom. The van der Waals surface area contributed by atoms with Gasteiger partial charge in [0.25, 0.3) is 0 Å². The number of hydrogen-bond donors (Lipinski definition) is 2. The number of hydrogen-bond acceptors (Lipinski definition) is 3. The van der Waals surface area contributed by atoms with E-state index in [9.17, 15) is 14.7 Å². The fraction of sp³-hybridized carbons (Fsp3) is 0.333. The quantitative estimate of drug-likeness (QED) is 0.877. The van der Waals surface area contributed by atoms with Crippen molar-refractivity contribution in [2.45, 2.75) is 19.4 Å². The van der Waals surface area contributed by atoms with E-state index in [1.807, 2.05) is 6.07 Å². The van der Waals surface area contributed by atoms with E-state index in [4.69, 9.17) is 0 Å². The van der Waals surface area contributed by atoms with Gasteiger partial charge in [0.1, 0.15) is 5.54 Å². The molecule has 0 atom stereocenters. The van der Waals surface area contributed by atoms with Gasteiger partial charge in [-0.3, -0.25) is 9.69 Å². The van der Waals surface area contributed by atoms with Gasteiger partial charge in [0.15, 0.2) is 0 Å². The zero-order valence-corrected chi connectivity index (χ0v) is 11.6. The van der Waals surface area contributed by atoms with Crippen LogP contribution in [0.15, 0.2) is 22.7 Å². The molecule has 0 aromatic heterocycles. The number of anilines is 2. The summed E-state index contributed by atoms with van der Waals surface area (Å²) in [5.74, 6) is -1.29. The van der Waals surface area contributed by atoms with Crippen LogP contribution >= 0.6 is 15.9 Å². The molecule has 1 amide bonds. The zero-order valence-electron chi connectivity index (χ0n) is 10.0. The number of rotatable bonds is 2. The third-order valence-electron chi connectivity index (χ3n) is 2.96. The molecule has 1 heterocycles. The Labute approximate surface area is 113 Å². The number of carboxylic acid groups (broad SMARTS) is 1. The summed E-state index contributed by atoms with van der Waals surface area (Å²) >= 11 is 3.35. The van der Waals surface area contributed by atoms with Crippen molar-refractivity contribution >= 4 is 39.2 Å². The number of fused-ring (bicyclic) bond motifs is 1. The van der Waals surface area contributed by atoms with Crippen LogP contribution in [0.25, 0.3) is 0 Å². The lowest BCUT2D eigenvalue weighted by Gasteiger charge is -2.39. The fourth-order valence-electron chi connectivity index (χ4n) is 1.94. The van der Waals surface area contributed by atoms with Crippen LogP contribution in [-0.2, 0) is 9.59 Å². The van der Waals surface area contributed by atoms with Crippen molar-refractivity contribution in [3.63, 3.8) is 0 Å². The number of nitrogens with zero attached hydrogens (tertiary/aromatic N) is 1. The van der Waals surface area contributed by atoms with Crippen molar-refractivity contribution in [3.8, 4) is 0 Å². The first kappa shape index (κ1) is 12.9. The highest BCUT2D eigenvalue weighted by molar-refractivity contribution is 9.10. The summed E-state index contributed by atoms with van der Waals surface area (Å²) < 4.78 is 0.871. The predicted octanol–water partition coefficient (Wildman–Crippen LogP) is 2.07. The molecule has 1 aromatic carbocycles. The molecule has 96 valence electrons. The highest BCUT2D eigenvalue weighted by Crippen LogP contribution is 2.36. The number of carbonyl (C=O) groups is 2. The summed E-state index contributed by atoms with van der Waals surface area (Å²) in [7, 11) is 0. The van der Waals surface area contributed by atoms with E-state index in [0.29, 0.717) is 5.69 Å². The lowest BCUT2D eigenvalue weighted by molar-refractivity contribution is -0.143. The Morgan fingerprint density at radius 2 is 2.17 bits per heavy atom. The number of nitrogens with one attached hydrogen (secondary N) is 1. The number of halogens is 1. The molecule has 6 heteroatoms. The Balaban J connectivity index is 2.55. The van der Waals surface area contributed by atoms with E-state index >= 15 is 0 Å². The van der Waals surface area contributed by atoms with Crippen molar-refractivity contribution in [2.24, 2.45) is 0 Å². The smallest absolute Gasteiger partial charge is 0.329 e. The predicted molar refractivity (Wildman–Crippen MR) is 71.8 cm³/mol. The molecule has 0 radical (unpaired) electrons. The van der Waals surface area contributed by atoms with Crippen molar-refractivity contribution < 1.29 is 14.7 Å². The second-order valence-electron chi connectivity index (χ2n) is 4.61. The second kappa shape index (κ2) is 4.28. The lowest BCUT2D eigenvalue weighted by Crippen LogP contribution is -2.56. The summed E-state index contributed by atoms with van der Waals surface area (Å²) in [6, 6.07) is 5.34. The average molecular weight is 313 g/mol. The normalized spacial score (nSPS) is 15.1. The molecule has 2 rings (SSSR count). The van der Waals surface area contributed by atoms with Crippen LogP contribution < -0.4 is 10.2 Å². The maximum absolute atomic E-state index is 12.0. The summed E-state index contributed by atoms with van der Waals surface area (Å²) in [5, 5.41) is 12.2. The van der Waals surface area contributed by atoms with Gasteiger partial charge in [-0.05, 0) is 32.0 Å². The second-order valence-corrected chi connectivity index (χ2v) is 5.52. The topological polar surface area (TPSA) is 69.6 Å². The van der Waals surface area contributed by atoms with Crippen LogP contribution in [-0.4, -0.2) is 29.1 Å². The molecule has 0 fully saturated rings.